The molecule has 2 saturated carbocycles. The molecule has 0 radical (unpaired) electrons. The SMILES string of the molecule is O=C(NCC1CC1)c1cc(Br)c(C(=O)NCC2CC2)cc1Br. The maximum atomic E-state index is 12.2. The van der Waals surface area contributed by atoms with Gasteiger partial charge < -0.3 is 10.6 Å². The molecular formula is C16H18Br2N2O2. The third-order valence-corrected chi connectivity index (χ3v) is 5.35. The first-order valence-electron chi connectivity index (χ1n) is 7.60. The summed E-state index contributed by atoms with van der Waals surface area (Å²) in [6.45, 7) is 1.46. The molecule has 0 bridgehead atoms. The van der Waals surface area contributed by atoms with E-state index < -0.39 is 0 Å². The molecule has 0 aromatic heterocycles. The van der Waals surface area contributed by atoms with Crippen molar-refractivity contribution in [3.63, 3.8) is 0 Å². The molecule has 3 rings (SSSR count). The summed E-state index contributed by atoms with van der Waals surface area (Å²) in [5.41, 5.74) is 1.09. The van der Waals surface area contributed by atoms with Gasteiger partial charge in [0.05, 0.1) is 11.1 Å². The second-order valence-electron chi connectivity index (χ2n) is 6.12. The molecule has 118 valence electrons. The fourth-order valence-corrected chi connectivity index (χ4v) is 3.25. The van der Waals surface area contributed by atoms with E-state index >= 15 is 0 Å². The summed E-state index contributed by atoms with van der Waals surface area (Å²) in [6, 6.07) is 3.41. The Balaban J connectivity index is 1.68. The number of amides is 2. The van der Waals surface area contributed by atoms with Gasteiger partial charge in [-0.05, 0) is 81.5 Å². The standard InChI is InChI=1S/C16H18Br2N2O2/c17-13-6-12(16(22)20-8-10-3-4-10)14(18)5-11(13)15(21)19-7-9-1-2-9/h5-6,9-10H,1-4,7-8H2,(H,19,21)(H,20,22). The van der Waals surface area contributed by atoms with Gasteiger partial charge >= 0.3 is 0 Å². The van der Waals surface area contributed by atoms with Crippen molar-refractivity contribution in [3.05, 3.63) is 32.2 Å². The molecule has 1 aromatic carbocycles. The van der Waals surface area contributed by atoms with Crippen LogP contribution in [0.25, 0.3) is 0 Å². The lowest BCUT2D eigenvalue weighted by Gasteiger charge is -2.11. The molecule has 2 N–H and O–H groups in total. The molecule has 0 heterocycles. The molecule has 2 aliphatic rings. The first-order chi connectivity index (χ1) is 10.5. The van der Waals surface area contributed by atoms with Gasteiger partial charge in [0, 0.05) is 22.0 Å². The van der Waals surface area contributed by atoms with Crippen LogP contribution in [-0.4, -0.2) is 24.9 Å². The summed E-state index contributed by atoms with van der Waals surface area (Å²) in [6.07, 6.45) is 4.80. The lowest BCUT2D eigenvalue weighted by molar-refractivity contribution is 0.0938. The lowest BCUT2D eigenvalue weighted by Crippen LogP contribution is -2.27. The molecule has 22 heavy (non-hydrogen) atoms. The quantitative estimate of drug-likeness (QED) is 0.727. The molecule has 2 aliphatic carbocycles. The predicted molar refractivity (Wildman–Crippen MR) is 92.0 cm³/mol. The van der Waals surface area contributed by atoms with Gasteiger partial charge in [-0.25, -0.2) is 0 Å². The molecule has 6 heteroatoms. The van der Waals surface area contributed by atoms with Crippen molar-refractivity contribution in [3.8, 4) is 0 Å². The largest absolute Gasteiger partial charge is 0.352 e. The number of rotatable bonds is 6. The monoisotopic (exact) mass is 428 g/mol. The molecule has 4 nitrogen and oxygen atoms in total. The van der Waals surface area contributed by atoms with E-state index in [4.69, 9.17) is 0 Å². The van der Waals surface area contributed by atoms with Gasteiger partial charge in [-0.1, -0.05) is 0 Å². The van der Waals surface area contributed by atoms with E-state index in [1.54, 1.807) is 12.1 Å². The zero-order valence-corrected chi connectivity index (χ0v) is 15.3. The Hall–Kier alpha value is -0.880. The van der Waals surface area contributed by atoms with Crippen molar-refractivity contribution < 1.29 is 9.59 Å². The molecule has 0 aliphatic heterocycles. The van der Waals surface area contributed by atoms with E-state index in [1.807, 2.05) is 0 Å². The molecular weight excluding hydrogens is 412 g/mol. The van der Waals surface area contributed by atoms with E-state index in [2.05, 4.69) is 42.5 Å². The fraction of sp³-hybridized carbons (Fsp3) is 0.500. The zero-order chi connectivity index (χ0) is 15.7. The predicted octanol–water partition coefficient (Wildman–Crippen LogP) is 3.49. The summed E-state index contributed by atoms with van der Waals surface area (Å²) in [4.78, 5) is 24.4. The average Bonchev–Trinajstić information content (AvgIpc) is 3.37. The minimum atomic E-state index is -0.107. The number of hydrogen-bond acceptors (Lipinski definition) is 2. The summed E-state index contributed by atoms with van der Waals surface area (Å²) in [5, 5.41) is 5.87. The fourth-order valence-electron chi connectivity index (χ4n) is 2.20. The van der Waals surface area contributed by atoms with Crippen LogP contribution in [0.4, 0.5) is 0 Å². The van der Waals surface area contributed by atoms with Gasteiger partial charge in [-0.2, -0.15) is 0 Å². The van der Waals surface area contributed by atoms with Crippen molar-refractivity contribution in [2.45, 2.75) is 25.7 Å². The first-order valence-corrected chi connectivity index (χ1v) is 9.18. The van der Waals surface area contributed by atoms with Crippen molar-refractivity contribution in [1.29, 1.82) is 0 Å². The number of carbonyl (C=O) groups is 2. The molecule has 0 saturated heterocycles. The zero-order valence-electron chi connectivity index (χ0n) is 12.1. The highest BCUT2D eigenvalue weighted by molar-refractivity contribution is 9.11. The van der Waals surface area contributed by atoms with Crippen LogP contribution in [0.3, 0.4) is 0 Å². The van der Waals surface area contributed by atoms with Gasteiger partial charge in [0.25, 0.3) is 11.8 Å². The lowest BCUT2D eigenvalue weighted by atomic mass is 10.1. The first kappa shape index (κ1) is 16.0. The Morgan fingerprint density at radius 2 is 1.23 bits per heavy atom. The van der Waals surface area contributed by atoms with Crippen LogP contribution >= 0.6 is 31.9 Å². The molecule has 1 aromatic rings. The Morgan fingerprint density at radius 3 is 1.55 bits per heavy atom. The van der Waals surface area contributed by atoms with Gasteiger partial charge in [-0.15, -0.1) is 0 Å². The number of hydrogen-bond donors (Lipinski definition) is 2. The van der Waals surface area contributed by atoms with E-state index in [0.717, 1.165) is 13.1 Å². The van der Waals surface area contributed by atoms with E-state index in [9.17, 15) is 9.59 Å². The van der Waals surface area contributed by atoms with Crippen molar-refractivity contribution in [2.75, 3.05) is 13.1 Å². The van der Waals surface area contributed by atoms with E-state index in [0.29, 0.717) is 31.9 Å². The van der Waals surface area contributed by atoms with Crippen LogP contribution in [0.1, 0.15) is 46.4 Å². The summed E-state index contributed by atoms with van der Waals surface area (Å²) >= 11 is 6.81. The second kappa shape index (κ2) is 6.71. The smallest absolute Gasteiger partial charge is 0.252 e. The van der Waals surface area contributed by atoms with Crippen LogP contribution in [0.15, 0.2) is 21.1 Å². The summed E-state index contributed by atoms with van der Waals surface area (Å²) in [5.74, 6) is 1.06. The van der Waals surface area contributed by atoms with Gasteiger partial charge in [0.15, 0.2) is 0 Å². The molecule has 2 fully saturated rings. The average molecular weight is 430 g/mol. The number of nitrogens with one attached hydrogen (secondary N) is 2. The highest BCUT2D eigenvalue weighted by atomic mass is 79.9. The Bertz CT molecular complexity index is 557. The minimum Gasteiger partial charge on any atom is -0.352 e. The van der Waals surface area contributed by atoms with Crippen LogP contribution in [0.5, 0.6) is 0 Å². The maximum Gasteiger partial charge on any atom is 0.252 e. The van der Waals surface area contributed by atoms with Gasteiger partial charge in [-0.3, -0.25) is 9.59 Å². The number of benzene rings is 1. The molecule has 0 unspecified atom stereocenters. The topological polar surface area (TPSA) is 58.2 Å². The van der Waals surface area contributed by atoms with Crippen molar-refractivity contribution >= 4 is 43.7 Å². The third-order valence-electron chi connectivity index (χ3n) is 4.04. The van der Waals surface area contributed by atoms with Crippen molar-refractivity contribution in [2.24, 2.45) is 11.8 Å². The van der Waals surface area contributed by atoms with Gasteiger partial charge in [0.1, 0.15) is 0 Å². The van der Waals surface area contributed by atoms with E-state index in [-0.39, 0.29) is 11.8 Å². The Kier molecular flexibility index (Phi) is 4.88. The summed E-state index contributed by atoms with van der Waals surface area (Å²) < 4.78 is 1.28. The molecule has 0 spiro atoms. The maximum absolute atomic E-state index is 12.2. The highest BCUT2D eigenvalue weighted by Gasteiger charge is 2.24. The Morgan fingerprint density at radius 1 is 0.864 bits per heavy atom. The van der Waals surface area contributed by atoms with Crippen molar-refractivity contribution in [1.82, 2.24) is 10.6 Å². The molecule has 2 amide bonds. The highest BCUT2D eigenvalue weighted by Crippen LogP contribution is 2.30. The number of halogens is 2. The van der Waals surface area contributed by atoms with Gasteiger partial charge in [0.2, 0.25) is 0 Å². The summed E-state index contributed by atoms with van der Waals surface area (Å²) in [7, 11) is 0. The van der Waals surface area contributed by atoms with Crippen LogP contribution in [0.2, 0.25) is 0 Å². The van der Waals surface area contributed by atoms with E-state index in [1.165, 1.54) is 25.7 Å². The second-order valence-corrected chi connectivity index (χ2v) is 7.83. The Labute approximate surface area is 146 Å². The molecule has 0 atom stereocenters. The number of carbonyl (C=O) groups excluding carboxylic acids is 2. The van der Waals surface area contributed by atoms with Crippen LogP contribution in [0, 0.1) is 11.8 Å². The minimum absolute atomic E-state index is 0.107. The normalized spacial score (nSPS) is 17.2. The van der Waals surface area contributed by atoms with Crippen LogP contribution < -0.4 is 10.6 Å². The third kappa shape index (κ3) is 4.10. The van der Waals surface area contributed by atoms with Crippen LogP contribution in [-0.2, 0) is 0 Å².